The van der Waals surface area contributed by atoms with E-state index in [1.54, 1.807) is 7.05 Å². The zero-order valence-electron chi connectivity index (χ0n) is 18.8. The van der Waals surface area contributed by atoms with Crippen LogP contribution in [0.1, 0.15) is 49.3 Å². The molecule has 2 aromatic rings. The Morgan fingerprint density at radius 3 is 2.00 bits per heavy atom. The van der Waals surface area contributed by atoms with Crippen molar-refractivity contribution >= 4 is 17.6 Å². The van der Waals surface area contributed by atoms with E-state index in [0.29, 0.717) is 13.0 Å². The van der Waals surface area contributed by atoms with Crippen molar-refractivity contribution in [3.05, 3.63) is 65.2 Å². The summed E-state index contributed by atoms with van der Waals surface area (Å²) in [5.74, 6) is 0.823. The number of anilines is 1. The van der Waals surface area contributed by atoms with Gasteiger partial charge in [0.2, 0.25) is 5.91 Å². The molecule has 1 aliphatic heterocycles. The minimum Gasteiger partial charge on any atom is -0.352 e. The first-order valence-corrected chi connectivity index (χ1v) is 11.3. The van der Waals surface area contributed by atoms with Crippen LogP contribution in [0.2, 0.25) is 0 Å². The minimum absolute atomic E-state index is 0.0575. The highest BCUT2D eigenvalue weighted by Crippen LogP contribution is 2.13. The summed E-state index contributed by atoms with van der Waals surface area (Å²) in [6.45, 7) is 6.89. The molecule has 1 heterocycles. The highest BCUT2D eigenvalue weighted by molar-refractivity contribution is 5.90. The number of rotatable bonds is 9. The molecule has 1 aliphatic rings. The van der Waals surface area contributed by atoms with Gasteiger partial charge in [-0.1, -0.05) is 43.3 Å². The Morgan fingerprint density at radius 1 is 0.903 bits per heavy atom. The zero-order valence-corrected chi connectivity index (χ0v) is 18.8. The van der Waals surface area contributed by atoms with Gasteiger partial charge in [-0.3, -0.25) is 14.7 Å². The summed E-state index contributed by atoms with van der Waals surface area (Å²) in [6, 6.07) is 16.7. The molecule has 1 saturated heterocycles. The SMILES string of the molecule is CCCC(=O)Nc1ccc(CNC(=NC)NCc2ccc(CN3CCCC3)cc2)cc1. The molecule has 3 rings (SSSR count). The molecule has 0 aromatic heterocycles. The van der Waals surface area contributed by atoms with Gasteiger partial charge >= 0.3 is 0 Å². The molecule has 31 heavy (non-hydrogen) atoms. The Kier molecular flexibility index (Phi) is 8.91. The van der Waals surface area contributed by atoms with Crippen molar-refractivity contribution in [2.45, 2.75) is 52.2 Å². The fourth-order valence-corrected chi connectivity index (χ4v) is 3.71. The van der Waals surface area contributed by atoms with Crippen molar-refractivity contribution in [2.24, 2.45) is 4.99 Å². The van der Waals surface area contributed by atoms with Crippen LogP contribution in [0, 0.1) is 0 Å². The maximum Gasteiger partial charge on any atom is 0.224 e. The lowest BCUT2D eigenvalue weighted by Gasteiger charge is -2.15. The van der Waals surface area contributed by atoms with Gasteiger partial charge in [-0.05, 0) is 61.2 Å². The molecule has 3 N–H and O–H groups in total. The van der Waals surface area contributed by atoms with Gasteiger partial charge in [-0.25, -0.2) is 0 Å². The normalized spacial score (nSPS) is 14.5. The van der Waals surface area contributed by atoms with Gasteiger partial charge in [-0.2, -0.15) is 0 Å². The summed E-state index contributed by atoms with van der Waals surface area (Å²) in [5.41, 5.74) is 4.57. The third-order valence-corrected chi connectivity index (χ3v) is 5.49. The van der Waals surface area contributed by atoms with Gasteiger partial charge in [0, 0.05) is 38.8 Å². The molecule has 6 heteroatoms. The van der Waals surface area contributed by atoms with Crippen LogP contribution in [0.5, 0.6) is 0 Å². The number of benzene rings is 2. The largest absolute Gasteiger partial charge is 0.352 e. The summed E-state index contributed by atoms with van der Waals surface area (Å²) in [4.78, 5) is 18.5. The Labute approximate surface area is 186 Å². The quantitative estimate of drug-likeness (QED) is 0.424. The van der Waals surface area contributed by atoms with Crippen molar-refractivity contribution < 1.29 is 4.79 Å². The molecule has 0 saturated carbocycles. The molecule has 2 aromatic carbocycles. The molecule has 166 valence electrons. The van der Waals surface area contributed by atoms with Crippen LogP contribution in [0.4, 0.5) is 5.69 Å². The number of hydrogen-bond acceptors (Lipinski definition) is 3. The first-order valence-electron chi connectivity index (χ1n) is 11.3. The second-order valence-corrected chi connectivity index (χ2v) is 8.07. The van der Waals surface area contributed by atoms with Gasteiger partial charge in [0.25, 0.3) is 0 Å². The van der Waals surface area contributed by atoms with Crippen molar-refractivity contribution in [3.8, 4) is 0 Å². The highest BCUT2D eigenvalue weighted by Gasteiger charge is 2.11. The number of amides is 1. The minimum atomic E-state index is 0.0575. The van der Waals surface area contributed by atoms with Crippen LogP contribution in [0.15, 0.2) is 53.5 Å². The standard InChI is InChI=1S/C25H35N5O/c1-3-6-24(31)29-23-13-11-21(12-14-23)18-28-25(26-2)27-17-20-7-9-22(10-8-20)19-30-15-4-5-16-30/h7-14H,3-6,15-19H2,1-2H3,(H,29,31)(H2,26,27,28). The van der Waals surface area contributed by atoms with Crippen molar-refractivity contribution in [3.63, 3.8) is 0 Å². The summed E-state index contributed by atoms with van der Waals surface area (Å²) in [5, 5.41) is 9.62. The number of hydrogen-bond donors (Lipinski definition) is 3. The average molecular weight is 422 g/mol. The molecular weight excluding hydrogens is 386 g/mol. The predicted molar refractivity (Wildman–Crippen MR) is 128 cm³/mol. The van der Waals surface area contributed by atoms with Gasteiger partial charge in [0.1, 0.15) is 0 Å². The summed E-state index contributed by atoms with van der Waals surface area (Å²) < 4.78 is 0. The lowest BCUT2D eigenvalue weighted by Crippen LogP contribution is -2.36. The van der Waals surface area contributed by atoms with Crippen LogP contribution in [0.3, 0.4) is 0 Å². The number of carbonyl (C=O) groups is 1. The average Bonchev–Trinajstić information content (AvgIpc) is 3.29. The Bertz CT molecular complexity index is 839. The summed E-state index contributed by atoms with van der Waals surface area (Å²) >= 11 is 0. The number of nitrogens with one attached hydrogen (secondary N) is 3. The molecule has 0 bridgehead atoms. The fourth-order valence-electron chi connectivity index (χ4n) is 3.71. The Hall–Kier alpha value is -2.86. The van der Waals surface area contributed by atoms with E-state index in [9.17, 15) is 4.79 Å². The van der Waals surface area contributed by atoms with Crippen molar-refractivity contribution in [1.82, 2.24) is 15.5 Å². The van der Waals surface area contributed by atoms with E-state index >= 15 is 0 Å². The summed E-state index contributed by atoms with van der Waals surface area (Å²) in [6.07, 6.45) is 4.05. The maximum atomic E-state index is 11.7. The molecule has 0 radical (unpaired) electrons. The van der Waals surface area contributed by atoms with E-state index in [0.717, 1.165) is 36.7 Å². The maximum absolute atomic E-state index is 11.7. The summed E-state index contributed by atoms with van der Waals surface area (Å²) in [7, 11) is 1.78. The molecule has 0 unspecified atom stereocenters. The van der Waals surface area contributed by atoms with Crippen LogP contribution in [-0.2, 0) is 24.4 Å². The van der Waals surface area contributed by atoms with Gasteiger partial charge < -0.3 is 16.0 Å². The van der Waals surface area contributed by atoms with E-state index < -0.39 is 0 Å². The zero-order chi connectivity index (χ0) is 21.9. The number of carbonyl (C=O) groups excluding carboxylic acids is 1. The van der Waals surface area contributed by atoms with E-state index in [2.05, 4.69) is 50.1 Å². The second-order valence-electron chi connectivity index (χ2n) is 8.07. The number of guanidine groups is 1. The Balaban J connectivity index is 1.41. The van der Waals surface area contributed by atoms with Crippen LogP contribution in [0.25, 0.3) is 0 Å². The smallest absolute Gasteiger partial charge is 0.224 e. The number of likely N-dealkylation sites (tertiary alicyclic amines) is 1. The highest BCUT2D eigenvalue weighted by atomic mass is 16.1. The lowest BCUT2D eigenvalue weighted by molar-refractivity contribution is -0.116. The topological polar surface area (TPSA) is 68.8 Å². The van der Waals surface area contributed by atoms with Crippen molar-refractivity contribution in [2.75, 3.05) is 25.5 Å². The van der Waals surface area contributed by atoms with E-state index in [1.165, 1.54) is 37.1 Å². The van der Waals surface area contributed by atoms with Crippen LogP contribution < -0.4 is 16.0 Å². The first kappa shape index (κ1) is 22.8. The molecule has 1 fully saturated rings. The third-order valence-electron chi connectivity index (χ3n) is 5.49. The van der Waals surface area contributed by atoms with E-state index in [-0.39, 0.29) is 5.91 Å². The van der Waals surface area contributed by atoms with E-state index in [4.69, 9.17) is 0 Å². The Morgan fingerprint density at radius 2 is 1.45 bits per heavy atom. The van der Waals surface area contributed by atoms with E-state index in [1.807, 2.05) is 31.2 Å². The second kappa shape index (κ2) is 12.1. The van der Waals surface area contributed by atoms with Gasteiger partial charge in [-0.15, -0.1) is 0 Å². The first-order chi connectivity index (χ1) is 15.2. The predicted octanol–water partition coefficient (Wildman–Crippen LogP) is 3.89. The monoisotopic (exact) mass is 421 g/mol. The molecule has 6 nitrogen and oxygen atoms in total. The van der Waals surface area contributed by atoms with Gasteiger partial charge in [0.05, 0.1) is 0 Å². The van der Waals surface area contributed by atoms with Crippen LogP contribution in [-0.4, -0.2) is 36.9 Å². The van der Waals surface area contributed by atoms with Crippen molar-refractivity contribution in [1.29, 1.82) is 0 Å². The fraction of sp³-hybridized carbons (Fsp3) is 0.440. The third kappa shape index (κ3) is 7.72. The van der Waals surface area contributed by atoms with Crippen LogP contribution >= 0.6 is 0 Å². The molecular formula is C25H35N5O. The number of nitrogens with zero attached hydrogens (tertiary/aromatic N) is 2. The molecule has 0 atom stereocenters. The lowest BCUT2D eigenvalue weighted by atomic mass is 10.1. The molecule has 0 aliphatic carbocycles. The molecule has 0 spiro atoms. The van der Waals surface area contributed by atoms with Gasteiger partial charge in [0.15, 0.2) is 5.96 Å². The number of aliphatic imine (C=N–C) groups is 1. The molecule has 1 amide bonds.